The third-order valence-corrected chi connectivity index (χ3v) is 4.22. The first kappa shape index (κ1) is 16.0. The van der Waals surface area contributed by atoms with Crippen LogP contribution in [0.4, 0.5) is 10.1 Å². The highest BCUT2D eigenvalue weighted by Gasteiger charge is 2.08. The molecule has 0 aliphatic heterocycles. The van der Waals surface area contributed by atoms with Crippen LogP contribution in [0.1, 0.15) is 15.9 Å². The van der Waals surface area contributed by atoms with Gasteiger partial charge >= 0.3 is 5.97 Å². The Balaban J connectivity index is 2.09. The van der Waals surface area contributed by atoms with Gasteiger partial charge in [-0.25, -0.2) is 9.18 Å². The van der Waals surface area contributed by atoms with Crippen molar-refractivity contribution in [1.29, 1.82) is 0 Å². The van der Waals surface area contributed by atoms with Gasteiger partial charge in [0.1, 0.15) is 5.82 Å². The summed E-state index contributed by atoms with van der Waals surface area (Å²) in [4.78, 5) is 11.4. The lowest BCUT2D eigenvalue weighted by molar-refractivity contribution is 0.0600. The number of rotatable bonds is 4. The number of benzene rings is 2. The van der Waals surface area contributed by atoms with Crippen LogP contribution in [-0.4, -0.2) is 13.1 Å². The number of nitrogens with one attached hydrogen (secondary N) is 1. The van der Waals surface area contributed by atoms with Crippen molar-refractivity contribution in [3.8, 4) is 0 Å². The van der Waals surface area contributed by atoms with Gasteiger partial charge in [-0.15, -0.1) is 0 Å². The summed E-state index contributed by atoms with van der Waals surface area (Å²) in [5.74, 6) is -0.679. The van der Waals surface area contributed by atoms with Crippen molar-refractivity contribution in [3.05, 3.63) is 62.3 Å². The van der Waals surface area contributed by atoms with E-state index in [2.05, 4.69) is 41.9 Å². The molecular weight excluding hydrogens is 405 g/mol. The molecule has 0 aliphatic carbocycles. The van der Waals surface area contributed by atoms with Gasteiger partial charge in [0.25, 0.3) is 0 Å². The number of hydrogen-bond donors (Lipinski definition) is 1. The smallest absolute Gasteiger partial charge is 0.337 e. The van der Waals surface area contributed by atoms with Crippen molar-refractivity contribution in [2.75, 3.05) is 12.4 Å². The van der Waals surface area contributed by atoms with E-state index in [1.165, 1.54) is 13.2 Å². The summed E-state index contributed by atoms with van der Waals surface area (Å²) in [6, 6.07) is 9.98. The molecule has 6 heteroatoms. The minimum absolute atomic E-state index is 0.302. The van der Waals surface area contributed by atoms with Crippen LogP contribution < -0.4 is 5.32 Å². The third-order valence-electron chi connectivity index (χ3n) is 2.88. The molecule has 0 fully saturated rings. The highest BCUT2D eigenvalue weighted by molar-refractivity contribution is 9.10. The van der Waals surface area contributed by atoms with Crippen LogP contribution >= 0.6 is 31.9 Å². The average molecular weight is 417 g/mol. The van der Waals surface area contributed by atoms with Gasteiger partial charge in [-0.2, -0.15) is 0 Å². The minimum atomic E-state index is -0.377. The van der Waals surface area contributed by atoms with Crippen molar-refractivity contribution in [1.82, 2.24) is 0 Å². The topological polar surface area (TPSA) is 38.3 Å². The summed E-state index contributed by atoms with van der Waals surface area (Å²) in [5, 5.41) is 3.19. The number of anilines is 1. The Morgan fingerprint density at radius 1 is 1.19 bits per heavy atom. The Morgan fingerprint density at radius 2 is 1.95 bits per heavy atom. The van der Waals surface area contributed by atoms with Crippen LogP contribution in [0.25, 0.3) is 0 Å². The molecule has 2 aromatic carbocycles. The van der Waals surface area contributed by atoms with E-state index in [-0.39, 0.29) is 11.8 Å². The fourth-order valence-electron chi connectivity index (χ4n) is 1.74. The summed E-state index contributed by atoms with van der Waals surface area (Å²) in [6.45, 7) is 0.542. The van der Waals surface area contributed by atoms with Gasteiger partial charge in [-0.1, -0.05) is 22.0 Å². The van der Waals surface area contributed by atoms with Crippen LogP contribution in [0.5, 0.6) is 0 Å². The van der Waals surface area contributed by atoms with Crippen molar-refractivity contribution >= 4 is 43.5 Å². The van der Waals surface area contributed by atoms with Gasteiger partial charge in [0.15, 0.2) is 0 Å². The molecule has 0 saturated heterocycles. The molecule has 0 unspecified atom stereocenters. The highest BCUT2D eigenvalue weighted by Crippen LogP contribution is 2.23. The van der Waals surface area contributed by atoms with Crippen molar-refractivity contribution in [3.63, 3.8) is 0 Å². The maximum atomic E-state index is 13.2. The largest absolute Gasteiger partial charge is 0.465 e. The Kier molecular flexibility index (Phi) is 5.36. The SMILES string of the molecule is COC(=O)c1ccc(CNc2ccc(F)c(Br)c2)c(Br)c1. The number of ether oxygens (including phenoxy) is 1. The van der Waals surface area contributed by atoms with Crippen LogP contribution in [0.2, 0.25) is 0 Å². The maximum absolute atomic E-state index is 13.2. The fourth-order valence-corrected chi connectivity index (χ4v) is 2.64. The molecule has 110 valence electrons. The molecule has 0 amide bonds. The molecule has 2 rings (SSSR count). The molecule has 0 saturated carbocycles. The van der Waals surface area contributed by atoms with Gasteiger partial charge in [-0.05, 0) is 51.8 Å². The zero-order valence-electron chi connectivity index (χ0n) is 11.1. The quantitative estimate of drug-likeness (QED) is 0.731. The number of hydrogen-bond acceptors (Lipinski definition) is 3. The van der Waals surface area contributed by atoms with E-state index in [1.54, 1.807) is 24.3 Å². The van der Waals surface area contributed by atoms with Crippen LogP contribution in [0.15, 0.2) is 45.3 Å². The van der Waals surface area contributed by atoms with E-state index >= 15 is 0 Å². The minimum Gasteiger partial charge on any atom is -0.465 e. The molecule has 0 radical (unpaired) electrons. The summed E-state index contributed by atoms with van der Waals surface area (Å²) in [5.41, 5.74) is 2.26. The lowest BCUT2D eigenvalue weighted by Gasteiger charge is -2.10. The first-order valence-electron chi connectivity index (χ1n) is 6.07. The Hall–Kier alpha value is -1.40. The number of halogens is 3. The zero-order chi connectivity index (χ0) is 15.4. The van der Waals surface area contributed by atoms with Crippen molar-refractivity contribution in [2.24, 2.45) is 0 Å². The van der Waals surface area contributed by atoms with E-state index in [0.29, 0.717) is 16.6 Å². The molecule has 0 bridgehead atoms. The predicted octanol–water partition coefficient (Wildman–Crippen LogP) is 4.75. The lowest BCUT2D eigenvalue weighted by atomic mass is 10.1. The van der Waals surface area contributed by atoms with E-state index in [1.807, 2.05) is 6.07 Å². The van der Waals surface area contributed by atoms with Gasteiger partial charge in [-0.3, -0.25) is 0 Å². The summed E-state index contributed by atoms with van der Waals surface area (Å²) in [7, 11) is 1.35. The zero-order valence-corrected chi connectivity index (χ0v) is 14.3. The Bertz CT molecular complexity index is 677. The second kappa shape index (κ2) is 7.04. The number of methoxy groups -OCH3 is 1. The molecule has 0 heterocycles. The molecular formula is C15H12Br2FNO2. The molecule has 3 nitrogen and oxygen atoms in total. The highest BCUT2D eigenvalue weighted by atomic mass is 79.9. The second-order valence-corrected chi connectivity index (χ2v) is 5.99. The van der Waals surface area contributed by atoms with E-state index in [0.717, 1.165) is 15.7 Å². The Morgan fingerprint density at radius 3 is 2.57 bits per heavy atom. The van der Waals surface area contributed by atoms with E-state index in [4.69, 9.17) is 0 Å². The first-order valence-corrected chi connectivity index (χ1v) is 7.65. The van der Waals surface area contributed by atoms with Gasteiger partial charge in [0.05, 0.1) is 17.1 Å². The predicted molar refractivity (Wildman–Crippen MR) is 86.9 cm³/mol. The molecule has 2 aromatic rings. The number of carbonyl (C=O) groups excluding carboxylic acids is 1. The average Bonchev–Trinajstić information content (AvgIpc) is 2.48. The van der Waals surface area contributed by atoms with Crippen LogP contribution in [-0.2, 0) is 11.3 Å². The van der Waals surface area contributed by atoms with Crippen LogP contribution in [0, 0.1) is 5.82 Å². The van der Waals surface area contributed by atoms with Crippen molar-refractivity contribution < 1.29 is 13.9 Å². The monoisotopic (exact) mass is 415 g/mol. The standard InChI is InChI=1S/C15H12Br2FNO2/c1-21-15(20)9-2-3-10(12(16)6-9)8-19-11-4-5-14(18)13(17)7-11/h2-7,19H,8H2,1H3. The second-order valence-electron chi connectivity index (χ2n) is 4.28. The maximum Gasteiger partial charge on any atom is 0.337 e. The normalized spacial score (nSPS) is 10.3. The Labute approximate surface area is 138 Å². The fraction of sp³-hybridized carbons (Fsp3) is 0.133. The van der Waals surface area contributed by atoms with Gasteiger partial charge in [0.2, 0.25) is 0 Å². The molecule has 21 heavy (non-hydrogen) atoms. The van der Waals surface area contributed by atoms with Gasteiger partial charge < -0.3 is 10.1 Å². The lowest BCUT2D eigenvalue weighted by Crippen LogP contribution is -2.04. The summed E-state index contributed by atoms with van der Waals surface area (Å²) < 4.78 is 19.0. The molecule has 1 N–H and O–H groups in total. The van der Waals surface area contributed by atoms with E-state index < -0.39 is 0 Å². The summed E-state index contributed by atoms with van der Waals surface area (Å²) >= 11 is 6.57. The van der Waals surface area contributed by atoms with E-state index in [9.17, 15) is 9.18 Å². The van der Waals surface area contributed by atoms with Crippen LogP contribution in [0.3, 0.4) is 0 Å². The molecule has 0 atom stereocenters. The third kappa shape index (κ3) is 4.04. The molecule has 0 aromatic heterocycles. The number of carbonyl (C=O) groups is 1. The molecule has 0 aliphatic rings. The molecule has 0 spiro atoms. The number of esters is 1. The van der Waals surface area contributed by atoms with Crippen molar-refractivity contribution in [2.45, 2.75) is 6.54 Å². The summed E-state index contributed by atoms with van der Waals surface area (Å²) in [6.07, 6.45) is 0. The first-order chi connectivity index (χ1) is 10.0. The van der Waals surface area contributed by atoms with Gasteiger partial charge in [0, 0.05) is 16.7 Å².